The number of benzene rings is 1. The second-order valence-electron chi connectivity index (χ2n) is 4.19. The molecule has 0 spiro atoms. The van der Waals surface area contributed by atoms with Gasteiger partial charge in [-0.3, -0.25) is 14.3 Å². The molecule has 0 aliphatic carbocycles. The molecule has 1 aromatic heterocycles. The van der Waals surface area contributed by atoms with Gasteiger partial charge < -0.3 is 0 Å². The quantitative estimate of drug-likeness (QED) is 0.852. The van der Waals surface area contributed by atoms with Crippen molar-refractivity contribution in [3.8, 4) is 5.69 Å². The molecule has 1 aromatic carbocycles. The van der Waals surface area contributed by atoms with E-state index in [4.69, 9.17) is 0 Å². The number of H-pyrrole nitrogens is 1. The maximum atomic E-state index is 11.7. The first-order valence-corrected chi connectivity index (χ1v) is 5.51. The highest BCUT2D eigenvalue weighted by molar-refractivity contribution is 5.42. The molecule has 1 N–H and O–H groups in total. The van der Waals surface area contributed by atoms with Gasteiger partial charge in [-0.05, 0) is 17.5 Å². The largest absolute Gasteiger partial charge is 0.332 e. The average molecular weight is 230 g/mol. The highest BCUT2D eigenvalue weighted by Crippen LogP contribution is 2.21. The molecular weight excluding hydrogens is 216 g/mol. The van der Waals surface area contributed by atoms with Gasteiger partial charge in [-0.2, -0.15) is 0 Å². The highest BCUT2D eigenvalue weighted by atomic mass is 16.2. The Hall–Kier alpha value is -2.10. The Morgan fingerprint density at radius 3 is 2.47 bits per heavy atom. The molecule has 0 saturated carbocycles. The number of aromatic amines is 1. The van der Waals surface area contributed by atoms with Crippen LogP contribution in [0.15, 0.2) is 46.1 Å². The molecule has 4 heteroatoms. The molecule has 2 aromatic rings. The number of para-hydroxylation sites is 1. The molecule has 0 bridgehead atoms. The van der Waals surface area contributed by atoms with Gasteiger partial charge in [-0.25, -0.2) is 4.79 Å². The van der Waals surface area contributed by atoms with Gasteiger partial charge >= 0.3 is 5.69 Å². The first kappa shape index (κ1) is 11.4. The van der Waals surface area contributed by atoms with E-state index >= 15 is 0 Å². The highest BCUT2D eigenvalue weighted by Gasteiger charge is 2.08. The Morgan fingerprint density at radius 1 is 1.12 bits per heavy atom. The van der Waals surface area contributed by atoms with Crippen molar-refractivity contribution in [2.45, 2.75) is 19.8 Å². The summed E-state index contributed by atoms with van der Waals surface area (Å²) in [4.78, 5) is 25.0. The minimum atomic E-state index is -0.411. The van der Waals surface area contributed by atoms with E-state index in [2.05, 4.69) is 18.8 Å². The van der Waals surface area contributed by atoms with Crippen molar-refractivity contribution in [3.05, 3.63) is 62.9 Å². The molecule has 0 aliphatic heterocycles. The van der Waals surface area contributed by atoms with Crippen LogP contribution in [0.1, 0.15) is 25.3 Å². The molecule has 0 saturated heterocycles. The third-order valence-electron chi connectivity index (χ3n) is 2.64. The molecule has 4 nitrogen and oxygen atoms in total. The Kier molecular flexibility index (Phi) is 2.95. The molecule has 17 heavy (non-hydrogen) atoms. The number of nitrogens with one attached hydrogen (secondary N) is 1. The van der Waals surface area contributed by atoms with Crippen molar-refractivity contribution < 1.29 is 0 Å². The number of hydrogen-bond acceptors (Lipinski definition) is 2. The summed E-state index contributed by atoms with van der Waals surface area (Å²) in [7, 11) is 0. The molecule has 0 atom stereocenters. The van der Waals surface area contributed by atoms with E-state index in [0.717, 1.165) is 11.3 Å². The zero-order valence-corrected chi connectivity index (χ0v) is 9.81. The minimum Gasteiger partial charge on any atom is -0.274 e. The SMILES string of the molecule is CC(C)c1ccccc1-n1ccc(=O)[nH]c1=O. The summed E-state index contributed by atoms with van der Waals surface area (Å²) in [5, 5.41) is 0. The van der Waals surface area contributed by atoms with Crippen molar-refractivity contribution in [1.29, 1.82) is 0 Å². The van der Waals surface area contributed by atoms with Gasteiger partial charge in [0.1, 0.15) is 0 Å². The Balaban J connectivity index is 2.69. The zero-order valence-electron chi connectivity index (χ0n) is 9.81. The van der Waals surface area contributed by atoms with Crippen LogP contribution < -0.4 is 11.2 Å². The molecule has 88 valence electrons. The molecule has 1 heterocycles. The summed E-state index contributed by atoms with van der Waals surface area (Å²) >= 11 is 0. The molecule has 2 rings (SSSR count). The summed E-state index contributed by atoms with van der Waals surface area (Å²) < 4.78 is 1.46. The molecule has 0 aliphatic rings. The Morgan fingerprint density at radius 2 is 1.82 bits per heavy atom. The van der Waals surface area contributed by atoms with Crippen LogP contribution in [0.25, 0.3) is 5.69 Å². The average Bonchev–Trinajstić information content (AvgIpc) is 2.29. The normalized spacial score (nSPS) is 10.8. The maximum absolute atomic E-state index is 11.7. The molecule has 0 unspecified atom stereocenters. The molecule has 0 fully saturated rings. The lowest BCUT2D eigenvalue weighted by atomic mass is 10.0. The third-order valence-corrected chi connectivity index (χ3v) is 2.64. The van der Waals surface area contributed by atoms with Crippen LogP contribution in [0, 0.1) is 0 Å². The topological polar surface area (TPSA) is 54.9 Å². The van der Waals surface area contributed by atoms with Gasteiger partial charge in [0.05, 0.1) is 5.69 Å². The summed E-state index contributed by atoms with van der Waals surface area (Å²) in [5.41, 5.74) is 1.09. The van der Waals surface area contributed by atoms with Crippen molar-refractivity contribution >= 4 is 0 Å². The van der Waals surface area contributed by atoms with E-state index < -0.39 is 5.69 Å². The summed E-state index contributed by atoms with van der Waals surface area (Å²) in [5.74, 6) is 0.310. The second-order valence-corrected chi connectivity index (χ2v) is 4.19. The van der Waals surface area contributed by atoms with Crippen molar-refractivity contribution in [2.24, 2.45) is 0 Å². The predicted octanol–water partition coefficient (Wildman–Crippen LogP) is 1.65. The van der Waals surface area contributed by atoms with Crippen LogP contribution in [-0.4, -0.2) is 9.55 Å². The van der Waals surface area contributed by atoms with Crippen LogP contribution in [0.5, 0.6) is 0 Å². The second kappa shape index (κ2) is 4.41. The standard InChI is InChI=1S/C13H14N2O2/c1-9(2)10-5-3-4-6-11(10)15-8-7-12(16)14-13(15)17/h3-9H,1-2H3,(H,14,16,17). The van der Waals surface area contributed by atoms with E-state index in [9.17, 15) is 9.59 Å². The number of rotatable bonds is 2. The predicted molar refractivity (Wildman–Crippen MR) is 66.7 cm³/mol. The van der Waals surface area contributed by atoms with Crippen molar-refractivity contribution in [1.82, 2.24) is 9.55 Å². The van der Waals surface area contributed by atoms with Crippen LogP contribution >= 0.6 is 0 Å². The van der Waals surface area contributed by atoms with Crippen molar-refractivity contribution in [2.75, 3.05) is 0 Å². The van der Waals surface area contributed by atoms with Gasteiger partial charge in [-0.15, -0.1) is 0 Å². The lowest BCUT2D eigenvalue weighted by Gasteiger charge is -2.13. The van der Waals surface area contributed by atoms with Gasteiger partial charge in [0.2, 0.25) is 0 Å². The van der Waals surface area contributed by atoms with Crippen molar-refractivity contribution in [3.63, 3.8) is 0 Å². The maximum Gasteiger partial charge on any atom is 0.332 e. The van der Waals surface area contributed by atoms with Gasteiger partial charge in [0.25, 0.3) is 5.56 Å². The summed E-state index contributed by atoms with van der Waals surface area (Å²) in [6.45, 7) is 4.13. The Bertz CT molecular complexity index is 638. The summed E-state index contributed by atoms with van der Waals surface area (Å²) in [6.07, 6.45) is 1.50. The van der Waals surface area contributed by atoms with Gasteiger partial charge in [-0.1, -0.05) is 32.0 Å². The van der Waals surface area contributed by atoms with E-state index in [1.54, 1.807) is 0 Å². The monoisotopic (exact) mass is 230 g/mol. The van der Waals surface area contributed by atoms with Crippen LogP contribution in [0.3, 0.4) is 0 Å². The van der Waals surface area contributed by atoms with Crippen LogP contribution in [0.4, 0.5) is 0 Å². The van der Waals surface area contributed by atoms with Gasteiger partial charge in [0, 0.05) is 12.3 Å². The number of hydrogen-bond donors (Lipinski definition) is 1. The first-order valence-electron chi connectivity index (χ1n) is 5.51. The zero-order chi connectivity index (χ0) is 12.4. The summed E-state index contributed by atoms with van der Waals surface area (Å²) in [6, 6.07) is 9.01. The fourth-order valence-corrected chi connectivity index (χ4v) is 1.80. The third kappa shape index (κ3) is 2.20. The Labute approximate surface area is 98.6 Å². The van der Waals surface area contributed by atoms with E-state index in [1.165, 1.54) is 16.8 Å². The van der Waals surface area contributed by atoms with Crippen LogP contribution in [0.2, 0.25) is 0 Å². The fourth-order valence-electron chi connectivity index (χ4n) is 1.80. The first-order chi connectivity index (χ1) is 8.09. The number of aromatic nitrogens is 2. The molecular formula is C13H14N2O2. The lowest BCUT2D eigenvalue weighted by Crippen LogP contribution is -2.28. The fraction of sp³-hybridized carbons (Fsp3) is 0.231. The van der Waals surface area contributed by atoms with E-state index in [1.807, 2.05) is 24.3 Å². The minimum absolute atomic E-state index is 0.310. The molecule has 0 amide bonds. The lowest BCUT2D eigenvalue weighted by molar-refractivity contribution is 0.821. The molecule has 0 radical (unpaired) electrons. The smallest absolute Gasteiger partial charge is 0.274 e. The van der Waals surface area contributed by atoms with E-state index in [-0.39, 0.29) is 5.56 Å². The number of nitrogens with zero attached hydrogens (tertiary/aromatic N) is 1. The van der Waals surface area contributed by atoms with Gasteiger partial charge in [0.15, 0.2) is 0 Å². The van der Waals surface area contributed by atoms with Crippen LogP contribution in [-0.2, 0) is 0 Å². The van der Waals surface area contributed by atoms with E-state index in [0.29, 0.717) is 5.92 Å².